The molecule has 1 aliphatic heterocycles. The van der Waals surface area contributed by atoms with Gasteiger partial charge in [0.05, 0.1) is 0 Å². The van der Waals surface area contributed by atoms with E-state index in [9.17, 15) is 0 Å². The van der Waals surface area contributed by atoms with Gasteiger partial charge in [-0.1, -0.05) is 13.0 Å². The van der Waals surface area contributed by atoms with Crippen LogP contribution < -0.4 is 5.73 Å². The first-order valence-corrected chi connectivity index (χ1v) is 8.05. The topological polar surface area (TPSA) is 29.3 Å². The Hall–Kier alpha value is 0.1000. The van der Waals surface area contributed by atoms with Crippen molar-refractivity contribution < 1.29 is 0 Å². The first-order valence-electron chi connectivity index (χ1n) is 6.46. The van der Waals surface area contributed by atoms with Gasteiger partial charge >= 0.3 is 0 Å². The molecule has 0 saturated carbocycles. The lowest BCUT2D eigenvalue weighted by atomic mass is 9.87. The Kier molecular flexibility index (Phi) is 5.24. The highest BCUT2D eigenvalue weighted by atomic mass is 79.9. The Morgan fingerprint density at radius 1 is 1.33 bits per heavy atom. The van der Waals surface area contributed by atoms with Crippen LogP contribution in [-0.4, -0.2) is 24.5 Å². The highest BCUT2D eigenvalue weighted by Gasteiger charge is 2.24. The van der Waals surface area contributed by atoms with Gasteiger partial charge in [0.25, 0.3) is 0 Å². The number of hydrogen-bond acceptors (Lipinski definition) is 2. The van der Waals surface area contributed by atoms with Crippen molar-refractivity contribution in [3.8, 4) is 0 Å². The third-order valence-corrected chi connectivity index (χ3v) is 5.77. The molecule has 0 amide bonds. The van der Waals surface area contributed by atoms with Crippen molar-refractivity contribution in [2.75, 3.05) is 19.6 Å². The number of rotatable bonds is 3. The summed E-state index contributed by atoms with van der Waals surface area (Å²) < 4.78 is 2.24. The van der Waals surface area contributed by atoms with Crippen molar-refractivity contribution in [2.45, 2.75) is 19.9 Å². The van der Waals surface area contributed by atoms with Crippen LogP contribution in [0, 0.1) is 11.8 Å². The van der Waals surface area contributed by atoms with Crippen molar-refractivity contribution in [2.24, 2.45) is 17.6 Å². The minimum Gasteiger partial charge on any atom is -0.330 e. The van der Waals surface area contributed by atoms with Gasteiger partial charge in [-0.15, -0.1) is 0 Å². The van der Waals surface area contributed by atoms with Crippen molar-refractivity contribution in [1.29, 1.82) is 0 Å². The van der Waals surface area contributed by atoms with E-state index in [4.69, 9.17) is 5.73 Å². The summed E-state index contributed by atoms with van der Waals surface area (Å²) in [6.45, 7) is 6.47. The molecule has 1 fully saturated rings. The summed E-state index contributed by atoms with van der Waals surface area (Å²) in [7, 11) is 0. The van der Waals surface area contributed by atoms with E-state index in [0.717, 1.165) is 34.5 Å². The maximum absolute atomic E-state index is 5.85. The standard InChI is InChI=1S/C14H20Br2N2/c1-10-4-5-18(9-12(10)7-17)8-11-2-3-13(15)14(16)6-11/h2-3,6,10,12H,4-5,7-9,17H2,1H3. The van der Waals surface area contributed by atoms with E-state index in [1.165, 1.54) is 18.5 Å². The van der Waals surface area contributed by atoms with E-state index < -0.39 is 0 Å². The summed E-state index contributed by atoms with van der Waals surface area (Å²) in [4.78, 5) is 2.52. The molecule has 18 heavy (non-hydrogen) atoms. The Morgan fingerprint density at radius 3 is 2.78 bits per heavy atom. The quantitative estimate of drug-likeness (QED) is 0.873. The highest BCUT2D eigenvalue weighted by molar-refractivity contribution is 9.13. The number of halogens is 2. The van der Waals surface area contributed by atoms with Crippen LogP contribution in [0.25, 0.3) is 0 Å². The number of likely N-dealkylation sites (tertiary alicyclic amines) is 1. The van der Waals surface area contributed by atoms with E-state index >= 15 is 0 Å². The minimum absolute atomic E-state index is 0.651. The first-order chi connectivity index (χ1) is 8.60. The summed E-state index contributed by atoms with van der Waals surface area (Å²) in [5.41, 5.74) is 7.21. The summed E-state index contributed by atoms with van der Waals surface area (Å²) in [6.07, 6.45) is 1.26. The van der Waals surface area contributed by atoms with E-state index in [2.05, 4.69) is 61.9 Å². The molecule has 2 nitrogen and oxygen atoms in total. The van der Waals surface area contributed by atoms with Crippen LogP contribution in [0.2, 0.25) is 0 Å². The van der Waals surface area contributed by atoms with Crippen molar-refractivity contribution in [3.63, 3.8) is 0 Å². The van der Waals surface area contributed by atoms with Crippen LogP contribution >= 0.6 is 31.9 Å². The number of piperidine rings is 1. The first kappa shape index (κ1) is 14.5. The van der Waals surface area contributed by atoms with Gasteiger partial charge < -0.3 is 5.73 Å². The number of nitrogens with zero attached hydrogens (tertiary/aromatic N) is 1. The molecule has 1 aromatic rings. The van der Waals surface area contributed by atoms with Gasteiger partial charge in [0.2, 0.25) is 0 Å². The van der Waals surface area contributed by atoms with Crippen molar-refractivity contribution in [3.05, 3.63) is 32.7 Å². The maximum Gasteiger partial charge on any atom is 0.0320 e. The lowest BCUT2D eigenvalue weighted by Crippen LogP contribution is -2.42. The smallest absolute Gasteiger partial charge is 0.0320 e. The fourth-order valence-electron chi connectivity index (χ4n) is 2.57. The van der Waals surface area contributed by atoms with Crippen LogP contribution in [0.4, 0.5) is 0 Å². The van der Waals surface area contributed by atoms with Gasteiger partial charge in [-0.05, 0) is 80.9 Å². The molecule has 1 aliphatic rings. The molecule has 2 atom stereocenters. The van der Waals surface area contributed by atoms with Gasteiger partial charge in [-0.25, -0.2) is 0 Å². The molecule has 0 aromatic heterocycles. The zero-order valence-electron chi connectivity index (χ0n) is 10.7. The summed E-state index contributed by atoms with van der Waals surface area (Å²) in [5.74, 6) is 1.42. The molecule has 100 valence electrons. The number of benzene rings is 1. The van der Waals surface area contributed by atoms with Crippen LogP contribution in [0.3, 0.4) is 0 Å². The van der Waals surface area contributed by atoms with Gasteiger partial charge in [-0.3, -0.25) is 4.90 Å². The van der Waals surface area contributed by atoms with Crippen LogP contribution in [0.5, 0.6) is 0 Å². The van der Waals surface area contributed by atoms with Crippen molar-refractivity contribution in [1.82, 2.24) is 4.90 Å². The molecule has 2 rings (SSSR count). The second kappa shape index (κ2) is 6.51. The second-order valence-corrected chi connectivity index (χ2v) is 6.95. The second-order valence-electron chi connectivity index (χ2n) is 5.25. The summed E-state index contributed by atoms with van der Waals surface area (Å²) >= 11 is 7.07. The molecule has 0 radical (unpaired) electrons. The Morgan fingerprint density at radius 2 is 2.11 bits per heavy atom. The molecule has 1 saturated heterocycles. The van der Waals surface area contributed by atoms with Gasteiger partial charge in [0, 0.05) is 22.0 Å². The Bertz CT molecular complexity index is 409. The van der Waals surface area contributed by atoms with Crippen LogP contribution in [0.1, 0.15) is 18.9 Å². The van der Waals surface area contributed by atoms with E-state index in [1.807, 2.05) is 0 Å². The molecule has 4 heteroatoms. The fourth-order valence-corrected chi connectivity index (χ4v) is 3.24. The Balaban J connectivity index is 1.99. The normalized spacial score (nSPS) is 25.3. The molecule has 0 bridgehead atoms. The van der Waals surface area contributed by atoms with Crippen LogP contribution in [-0.2, 0) is 6.54 Å². The van der Waals surface area contributed by atoms with Crippen molar-refractivity contribution >= 4 is 31.9 Å². The third kappa shape index (κ3) is 3.56. The molecular weight excluding hydrogens is 356 g/mol. The molecule has 1 heterocycles. The van der Waals surface area contributed by atoms with E-state index in [0.29, 0.717) is 5.92 Å². The molecule has 0 aliphatic carbocycles. The van der Waals surface area contributed by atoms with Crippen LogP contribution in [0.15, 0.2) is 27.1 Å². The molecule has 0 spiro atoms. The van der Waals surface area contributed by atoms with E-state index in [1.54, 1.807) is 0 Å². The van der Waals surface area contributed by atoms with Gasteiger partial charge in [0.15, 0.2) is 0 Å². The molecule has 1 aromatic carbocycles. The predicted molar refractivity (Wildman–Crippen MR) is 83.4 cm³/mol. The number of hydrogen-bond donors (Lipinski definition) is 1. The SMILES string of the molecule is CC1CCN(Cc2ccc(Br)c(Br)c2)CC1CN. The Labute approximate surface area is 126 Å². The summed E-state index contributed by atoms with van der Waals surface area (Å²) in [5, 5.41) is 0. The average Bonchev–Trinajstić information content (AvgIpc) is 2.36. The maximum atomic E-state index is 5.85. The zero-order chi connectivity index (χ0) is 13.1. The predicted octanol–water partition coefficient (Wildman–Crippen LogP) is 3.63. The third-order valence-electron chi connectivity index (χ3n) is 3.89. The summed E-state index contributed by atoms with van der Waals surface area (Å²) in [6, 6.07) is 6.48. The van der Waals surface area contributed by atoms with Gasteiger partial charge in [-0.2, -0.15) is 0 Å². The largest absolute Gasteiger partial charge is 0.330 e. The number of nitrogens with two attached hydrogens (primary N) is 1. The molecule has 2 unspecified atom stereocenters. The minimum atomic E-state index is 0.651. The fraction of sp³-hybridized carbons (Fsp3) is 0.571. The van der Waals surface area contributed by atoms with E-state index in [-0.39, 0.29) is 0 Å². The zero-order valence-corrected chi connectivity index (χ0v) is 13.9. The molecule has 2 N–H and O–H groups in total. The lowest BCUT2D eigenvalue weighted by molar-refractivity contribution is 0.126. The highest BCUT2D eigenvalue weighted by Crippen LogP contribution is 2.27. The molecular formula is C14H20Br2N2. The average molecular weight is 376 g/mol. The lowest BCUT2D eigenvalue weighted by Gasteiger charge is -2.36. The monoisotopic (exact) mass is 374 g/mol. The van der Waals surface area contributed by atoms with Gasteiger partial charge in [0.1, 0.15) is 0 Å².